The Kier molecular flexibility index (Phi) is 5.50. The Morgan fingerprint density at radius 1 is 1.32 bits per heavy atom. The summed E-state index contributed by atoms with van der Waals surface area (Å²) in [6.07, 6.45) is 4.86. The molecule has 1 aliphatic heterocycles. The van der Waals surface area contributed by atoms with Crippen LogP contribution in [0.5, 0.6) is 0 Å². The molecule has 1 aromatic carbocycles. The number of nitrogens with one attached hydrogen (secondary N) is 2. The molecule has 1 amide bonds. The second-order valence-corrected chi connectivity index (χ2v) is 8.15. The highest BCUT2D eigenvalue weighted by atomic mass is 32.2. The number of benzene rings is 1. The fourth-order valence-corrected chi connectivity index (χ4v) is 4.28. The van der Waals surface area contributed by atoms with Crippen LogP contribution in [-0.2, 0) is 15.8 Å². The first kappa shape index (κ1) is 17.6. The standard InChI is InChI=1S/C17H22N4O3S/c22-17(16-10-18-19-11-16)21-8-4-7-15(12-21)9-20-25(23,24)13-14-5-2-1-3-6-14/h1-3,5-6,10-11,15,20H,4,7-9,12-13H2,(H,18,19). The molecular formula is C17H22N4O3S. The molecule has 7 nitrogen and oxygen atoms in total. The number of hydrogen-bond donors (Lipinski definition) is 2. The molecule has 0 spiro atoms. The number of H-pyrrole nitrogens is 1. The van der Waals surface area contributed by atoms with Gasteiger partial charge in [-0.2, -0.15) is 5.10 Å². The molecule has 134 valence electrons. The van der Waals surface area contributed by atoms with Crippen LogP contribution < -0.4 is 4.72 Å². The summed E-state index contributed by atoms with van der Waals surface area (Å²) >= 11 is 0. The number of amides is 1. The van der Waals surface area contributed by atoms with Crippen molar-refractivity contribution in [3.63, 3.8) is 0 Å². The summed E-state index contributed by atoms with van der Waals surface area (Å²) < 4.78 is 27.2. The maximum absolute atomic E-state index is 12.4. The smallest absolute Gasteiger partial charge is 0.257 e. The highest BCUT2D eigenvalue weighted by molar-refractivity contribution is 7.88. The van der Waals surface area contributed by atoms with Crippen LogP contribution in [0.4, 0.5) is 0 Å². The van der Waals surface area contributed by atoms with E-state index in [1.54, 1.807) is 23.2 Å². The van der Waals surface area contributed by atoms with Crippen LogP contribution in [-0.4, -0.2) is 49.1 Å². The van der Waals surface area contributed by atoms with Gasteiger partial charge in [0.05, 0.1) is 17.5 Å². The summed E-state index contributed by atoms with van der Waals surface area (Å²) in [4.78, 5) is 14.1. The molecule has 8 heteroatoms. The van der Waals surface area contributed by atoms with E-state index in [0.29, 0.717) is 25.2 Å². The number of carbonyl (C=O) groups is 1. The van der Waals surface area contributed by atoms with Crippen molar-refractivity contribution in [3.8, 4) is 0 Å². The molecular weight excluding hydrogens is 340 g/mol. The van der Waals surface area contributed by atoms with Gasteiger partial charge in [-0.25, -0.2) is 13.1 Å². The van der Waals surface area contributed by atoms with E-state index >= 15 is 0 Å². The molecule has 2 heterocycles. The van der Waals surface area contributed by atoms with E-state index in [1.807, 2.05) is 18.2 Å². The topological polar surface area (TPSA) is 95.2 Å². The molecule has 1 fully saturated rings. The average molecular weight is 362 g/mol. The second kappa shape index (κ2) is 7.79. The third kappa shape index (κ3) is 4.90. The van der Waals surface area contributed by atoms with Crippen molar-refractivity contribution in [2.75, 3.05) is 19.6 Å². The minimum absolute atomic E-state index is 0.0295. The minimum atomic E-state index is -3.38. The van der Waals surface area contributed by atoms with Gasteiger partial charge in [-0.1, -0.05) is 30.3 Å². The van der Waals surface area contributed by atoms with Gasteiger partial charge in [0.15, 0.2) is 0 Å². The largest absolute Gasteiger partial charge is 0.338 e. The van der Waals surface area contributed by atoms with Gasteiger partial charge in [0.25, 0.3) is 5.91 Å². The maximum atomic E-state index is 12.4. The van der Waals surface area contributed by atoms with Crippen molar-refractivity contribution in [1.29, 1.82) is 0 Å². The summed E-state index contributed by atoms with van der Waals surface area (Å²) in [5.74, 6) is 0.0267. The van der Waals surface area contributed by atoms with Crippen LogP contribution in [0, 0.1) is 5.92 Å². The van der Waals surface area contributed by atoms with Crippen LogP contribution in [0.25, 0.3) is 0 Å². The number of aromatic amines is 1. The summed E-state index contributed by atoms with van der Waals surface area (Å²) in [6.45, 7) is 1.60. The Balaban J connectivity index is 1.53. The fraction of sp³-hybridized carbons (Fsp3) is 0.412. The van der Waals surface area contributed by atoms with Crippen molar-refractivity contribution in [1.82, 2.24) is 19.8 Å². The van der Waals surface area contributed by atoms with Gasteiger partial charge < -0.3 is 4.90 Å². The van der Waals surface area contributed by atoms with Crippen LogP contribution in [0.15, 0.2) is 42.7 Å². The molecule has 1 aliphatic rings. The molecule has 0 bridgehead atoms. The van der Waals surface area contributed by atoms with E-state index in [0.717, 1.165) is 18.4 Å². The van der Waals surface area contributed by atoms with Crippen molar-refractivity contribution in [2.24, 2.45) is 5.92 Å². The Bertz CT molecular complexity index is 791. The lowest BCUT2D eigenvalue weighted by Crippen LogP contribution is -2.43. The van der Waals surface area contributed by atoms with E-state index in [4.69, 9.17) is 0 Å². The predicted molar refractivity (Wildman–Crippen MR) is 94.3 cm³/mol. The first-order chi connectivity index (χ1) is 12.0. The zero-order valence-electron chi connectivity index (χ0n) is 13.9. The highest BCUT2D eigenvalue weighted by Crippen LogP contribution is 2.18. The summed E-state index contributed by atoms with van der Waals surface area (Å²) in [5, 5.41) is 6.44. The van der Waals surface area contributed by atoms with Gasteiger partial charge in [0, 0.05) is 25.8 Å². The van der Waals surface area contributed by atoms with Gasteiger partial charge in [0.1, 0.15) is 0 Å². The van der Waals surface area contributed by atoms with Gasteiger partial charge in [-0.05, 0) is 24.3 Å². The van der Waals surface area contributed by atoms with E-state index in [9.17, 15) is 13.2 Å². The molecule has 25 heavy (non-hydrogen) atoms. The van der Waals surface area contributed by atoms with Gasteiger partial charge in [0.2, 0.25) is 10.0 Å². The lowest BCUT2D eigenvalue weighted by molar-refractivity contribution is 0.0676. The molecule has 1 aromatic heterocycles. The Hall–Kier alpha value is -2.19. The number of likely N-dealkylation sites (tertiary alicyclic amines) is 1. The normalized spacial score (nSPS) is 18.2. The Labute approximate surface area is 147 Å². The Morgan fingerprint density at radius 2 is 2.12 bits per heavy atom. The van der Waals surface area contributed by atoms with Crippen molar-refractivity contribution in [3.05, 3.63) is 53.9 Å². The zero-order chi connectivity index (χ0) is 17.7. The van der Waals surface area contributed by atoms with E-state index in [2.05, 4.69) is 14.9 Å². The summed E-state index contributed by atoms with van der Waals surface area (Å²) in [6, 6.07) is 9.10. The lowest BCUT2D eigenvalue weighted by Gasteiger charge is -2.32. The fourth-order valence-electron chi connectivity index (χ4n) is 3.06. The van der Waals surface area contributed by atoms with Crippen LogP contribution in [0.3, 0.4) is 0 Å². The van der Waals surface area contributed by atoms with Crippen molar-refractivity contribution in [2.45, 2.75) is 18.6 Å². The van der Waals surface area contributed by atoms with E-state index < -0.39 is 10.0 Å². The molecule has 2 aromatic rings. The van der Waals surface area contributed by atoms with Crippen LogP contribution in [0.1, 0.15) is 28.8 Å². The minimum Gasteiger partial charge on any atom is -0.338 e. The van der Waals surface area contributed by atoms with Gasteiger partial charge >= 0.3 is 0 Å². The monoisotopic (exact) mass is 362 g/mol. The average Bonchev–Trinajstić information content (AvgIpc) is 3.15. The third-order valence-electron chi connectivity index (χ3n) is 4.34. The summed E-state index contributed by atoms with van der Waals surface area (Å²) in [5.41, 5.74) is 1.29. The highest BCUT2D eigenvalue weighted by Gasteiger charge is 2.26. The molecule has 0 radical (unpaired) electrons. The van der Waals surface area contributed by atoms with Gasteiger partial charge in [-0.15, -0.1) is 0 Å². The molecule has 0 saturated carbocycles. The zero-order valence-corrected chi connectivity index (χ0v) is 14.7. The third-order valence-corrected chi connectivity index (χ3v) is 5.66. The molecule has 1 unspecified atom stereocenters. The van der Waals surface area contributed by atoms with Crippen molar-refractivity contribution < 1.29 is 13.2 Å². The first-order valence-electron chi connectivity index (χ1n) is 8.33. The molecule has 1 atom stereocenters. The number of carbonyl (C=O) groups excluding carboxylic acids is 1. The Morgan fingerprint density at radius 3 is 2.84 bits per heavy atom. The van der Waals surface area contributed by atoms with Crippen LogP contribution in [0.2, 0.25) is 0 Å². The summed E-state index contributed by atoms with van der Waals surface area (Å²) in [7, 11) is -3.38. The van der Waals surface area contributed by atoms with E-state index in [-0.39, 0.29) is 17.6 Å². The second-order valence-electron chi connectivity index (χ2n) is 6.34. The number of hydrogen-bond acceptors (Lipinski definition) is 4. The number of sulfonamides is 1. The number of piperidine rings is 1. The molecule has 1 saturated heterocycles. The van der Waals surface area contributed by atoms with E-state index in [1.165, 1.54) is 6.20 Å². The first-order valence-corrected chi connectivity index (χ1v) is 9.98. The molecule has 3 rings (SSSR count). The molecule has 0 aliphatic carbocycles. The number of rotatable bonds is 6. The maximum Gasteiger partial charge on any atom is 0.257 e. The predicted octanol–water partition coefficient (Wildman–Crippen LogP) is 1.38. The molecule has 2 N–H and O–H groups in total. The number of nitrogens with zero attached hydrogens (tertiary/aromatic N) is 2. The van der Waals surface area contributed by atoms with Gasteiger partial charge in [-0.3, -0.25) is 9.89 Å². The lowest BCUT2D eigenvalue weighted by atomic mass is 9.98. The number of aromatic nitrogens is 2. The van der Waals surface area contributed by atoms with Crippen LogP contribution >= 0.6 is 0 Å². The van der Waals surface area contributed by atoms with Crippen molar-refractivity contribution >= 4 is 15.9 Å². The SMILES string of the molecule is O=C(c1cn[nH]c1)N1CCCC(CNS(=O)(=O)Cc2ccccc2)C1. The quantitative estimate of drug-likeness (QED) is 0.812.